The van der Waals surface area contributed by atoms with Crippen LogP contribution in [0.15, 0.2) is 102 Å². The largest absolute Gasteiger partial charge is 0.274 e. The van der Waals surface area contributed by atoms with Gasteiger partial charge in [-0.2, -0.15) is 5.10 Å². The molecule has 0 spiro atoms. The van der Waals surface area contributed by atoms with Crippen LogP contribution in [0.1, 0.15) is 44.1 Å². The SMILES string of the molecule is Cc1cccc(C(=O)N/N=C/C23c4ccccc4C(c4ccccc42)[C@@H]2C(=O)N(c4ccc([N+](=O)[O-])cc4)C(=O)[C@H]23)c1. The maximum atomic E-state index is 14.4. The summed E-state index contributed by atoms with van der Waals surface area (Å²) in [5.41, 5.74) is 6.59. The Hall–Kier alpha value is -5.44. The highest BCUT2D eigenvalue weighted by Crippen LogP contribution is 2.63. The number of hydrogen-bond donors (Lipinski definition) is 1. The van der Waals surface area contributed by atoms with Crippen molar-refractivity contribution in [3.63, 3.8) is 0 Å². The first-order chi connectivity index (χ1) is 20.3. The first kappa shape index (κ1) is 25.5. The van der Waals surface area contributed by atoms with Gasteiger partial charge in [0.25, 0.3) is 11.6 Å². The Bertz CT molecular complexity index is 1800. The van der Waals surface area contributed by atoms with Gasteiger partial charge in [0.05, 0.1) is 27.9 Å². The minimum absolute atomic E-state index is 0.136. The number of imide groups is 1. The highest BCUT2D eigenvalue weighted by atomic mass is 16.6. The fourth-order valence-electron chi connectivity index (χ4n) is 7.07. The minimum Gasteiger partial charge on any atom is -0.274 e. The smallest absolute Gasteiger partial charge is 0.271 e. The molecule has 4 aromatic rings. The number of hydrazone groups is 1. The molecule has 2 bridgehead atoms. The van der Waals surface area contributed by atoms with E-state index >= 15 is 0 Å². The molecule has 3 amide bonds. The molecule has 1 saturated heterocycles. The normalized spacial score (nSPS) is 23.5. The van der Waals surface area contributed by atoms with E-state index in [1.807, 2.05) is 61.5 Å². The van der Waals surface area contributed by atoms with E-state index in [2.05, 4.69) is 10.5 Å². The van der Waals surface area contributed by atoms with Crippen molar-refractivity contribution in [1.82, 2.24) is 5.43 Å². The van der Waals surface area contributed by atoms with Gasteiger partial charge in [-0.3, -0.25) is 24.5 Å². The van der Waals surface area contributed by atoms with E-state index < -0.39 is 34.0 Å². The number of non-ortho nitro benzene ring substituents is 1. The molecule has 2 atom stereocenters. The summed E-state index contributed by atoms with van der Waals surface area (Å²) in [5.74, 6) is -3.10. The van der Waals surface area contributed by atoms with Crippen LogP contribution in [-0.4, -0.2) is 28.9 Å². The van der Waals surface area contributed by atoms with Crippen molar-refractivity contribution in [2.24, 2.45) is 16.9 Å². The lowest BCUT2D eigenvalue weighted by Crippen LogP contribution is -2.54. The number of nitrogens with zero attached hydrogens (tertiary/aromatic N) is 3. The molecule has 1 heterocycles. The number of rotatable bonds is 5. The van der Waals surface area contributed by atoms with Crippen LogP contribution in [-0.2, 0) is 15.0 Å². The maximum absolute atomic E-state index is 14.4. The van der Waals surface area contributed by atoms with E-state index in [1.165, 1.54) is 24.3 Å². The topological polar surface area (TPSA) is 122 Å². The molecule has 3 aliphatic carbocycles. The van der Waals surface area contributed by atoms with Crippen LogP contribution >= 0.6 is 0 Å². The quantitative estimate of drug-likeness (QED) is 0.163. The van der Waals surface area contributed by atoms with Crippen molar-refractivity contribution in [3.05, 3.63) is 141 Å². The summed E-state index contributed by atoms with van der Waals surface area (Å²) in [6.07, 6.45) is 1.61. The first-order valence-electron chi connectivity index (χ1n) is 13.5. The number of nitro benzene ring substituents is 1. The molecule has 4 aliphatic rings. The Balaban J connectivity index is 1.38. The van der Waals surface area contributed by atoms with Crippen molar-refractivity contribution < 1.29 is 19.3 Å². The Kier molecular flexibility index (Phi) is 5.65. The Morgan fingerprint density at radius 1 is 0.905 bits per heavy atom. The Morgan fingerprint density at radius 3 is 2.17 bits per heavy atom. The molecule has 1 N–H and O–H groups in total. The van der Waals surface area contributed by atoms with E-state index in [0.717, 1.165) is 32.7 Å². The lowest BCUT2D eigenvalue weighted by molar-refractivity contribution is -0.384. The zero-order valence-electron chi connectivity index (χ0n) is 22.4. The van der Waals surface area contributed by atoms with Gasteiger partial charge in [-0.25, -0.2) is 10.3 Å². The second-order valence-corrected chi connectivity index (χ2v) is 10.9. The molecule has 0 saturated carbocycles. The standard InChI is InChI=1S/C33H24N4O5/c1-19-7-6-8-20(17-19)30(38)35-34-18-33-25-11-4-2-9-23(25)27(24-10-3-5-12-26(24)33)28-29(33)32(40)36(31(28)39)21-13-15-22(16-14-21)37(41)42/h2-18,27-29H,1H3,(H,35,38)/b34-18+/t27?,28-,29-,33?/m0/s1. The number of aryl methyl sites for hydroxylation is 1. The van der Waals surface area contributed by atoms with Crippen molar-refractivity contribution in [2.45, 2.75) is 18.3 Å². The average Bonchev–Trinajstić information content (AvgIpc) is 3.27. The second-order valence-electron chi connectivity index (χ2n) is 10.9. The van der Waals surface area contributed by atoms with Gasteiger partial charge in [0.1, 0.15) is 0 Å². The van der Waals surface area contributed by atoms with Gasteiger partial charge in [-0.1, -0.05) is 66.2 Å². The lowest BCUT2D eigenvalue weighted by atomic mass is 9.47. The van der Waals surface area contributed by atoms with E-state index in [1.54, 1.807) is 24.4 Å². The number of amides is 3. The molecule has 0 unspecified atom stereocenters. The fourth-order valence-corrected chi connectivity index (χ4v) is 7.07. The van der Waals surface area contributed by atoms with E-state index in [0.29, 0.717) is 5.56 Å². The summed E-state index contributed by atoms with van der Waals surface area (Å²) in [5, 5.41) is 15.7. The van der Waals surface area contributed by atoms with Crippen molar-refractivity contribution in [2.75, 3.05) is 4.90 Å². The maximum Gasteiger partial charge on any atom is 0.271 e. The lowest BCUT2D eigenvalue weighted by Gasteiger charge is -2.52. The number of carbonyl (C=O) groups is 3. The highest BCUT2D eigenvalue weighted by Gasteiger charge is 2.68. The number of benzene rings is 4. The molecule has 0 radical (unpaired) electrons. The van der Waals surface area contributed by atoms with Gasteiger partial charge in [-0.05, 0) is 53.4 Å². The molecule has 8 rings (SSSR count). The number of anilines is 1. The molecular formula is C33H24N4O5. The monoisotopic (exact) mass is 556 g/mol. The molecule has 4 aromatic carbocycles. The summed E-state index contributed by atoms with van der Waals surface area (Å²) < 4.78 is 0. The Morgan fingerprint density at radius 2 is 1.55 bits per heavy atom. The second kappa shape index (κ2) is 9.31. The van der Waals surface area contributed by atoms with E-state index in [9.17, 15) is 24.5 Å². The molecule has 9 heteroatoms. The van der Waals surface area contributed by atoms with Crippen LogP contribution in [0.3, 0.4) is 0 Å². The van der Waals surface area contributed by atoms with Crippen molar-refractivity contribution in [3.8, 4) is 0 Å². The zero-order valence-corrected chi connectivity index (χ0v) is 22.4. The summed E-state index contributed by atoms with van der Waals surface area (Å²) in [6, 6.07) is 28.1. The molecule has 1 aliphatic heterocycles. The number of nitrogens with one attached hydrogen (secondary N) is 1. The van der Waals surface area contributed by atoms with Crippen molar-refractivity contribution >= 4 is 35.3 Å². The summed E-state index contributed by atoms with van der Waals surface area (Å²) in [4.78, 5) is 53.4. The van der Waals surface area contributed by atoms with Gasteiger partial charge in [0.15, 0.2) is 0 Å². The van der Waals surface area contributed by atoms with Crippen LogP contribution < -0.4 is 10.3 Å². The summed E-state index contributed by atoms with van der Waals surface area (Å²) >= 11 is 0. The third-order valence-corrected chi connectivity index (χ3v) is 8.72. The third-order valence-electron chi connectivity index (χ3n) is 8.72. The molecule has 206 valence electrons. The third kappa shape index (κ3) is 3.49. The zero-order chi connectivity index (χ0) is 29.2. The summed E-state index contributed by atoms with van der Waals surface area (Å²) in [7, 11) is 0. The molecule has 0 aromatic heterocycles. The van der Waals surface area contributed by atoms with E-state index in [-0.39, 0.29) is 23.2 Å². The Labute approximate surface area is 240 Å². The summed E-state index contributed by atoms with van der Waals surface area (Å²) in [6.45, 7) is 1.90. The molecule has 1 fully saturated rings. The molecule has 9 nitrogen and oxygen atoms in total. The van der Waals surface area contributed by atoms with Gasteiger partial charge in [0, 0.05) is 29.8 Å². The number of hydrogen-bond acceptors (Lipinski definition) is 6. The van der Waals surface area contributed by atoms with Crippen LogP contribution in [0.2, 0.25) is 0 Å². The number of carbonyl (C=O) groups excluding carboxylic acids is 3. The van der Waals surface area contributed by atoms with Crippen LogP contribution in [0.5, 0.6) is 0 Å². The number of nitro groups is 1. The predicted molar refractivity (Wildman–Crippen MR) is 155 cm³/mol. The molecule has 42 heavy (non-hydrogen) atoms. The van der Waals surface area contributed by atoms with Gasteiger partial charge in [0.2, 0.25) is 11.8 Å². The van der Waals surface area contributed by atoms with E-state index in [4.69, 9.17) is 0 Å². The van der Waals surface area contributed by atoms with Gasteiger partial charge in [-0.15, -0.1) is 0 Å². The average molecular weight is 557 g/mol. The fraction of sp³-hybridized carbons (Fsp3) is 0.152. The minimum atomic E-state index is -1.14. The van der Waals surface area contributed by atoms with Gasteiger partial charge >= 0.3 is 0 Å². The van der Waals surface area contributed by atoms with Crippen LogP contribution in [0.4, 0.5) is 11.4 Å². The van der Waals surface area contributed by atoms with Crippen molar-refractivity contribution in [1.29, 1.82) is 0 Å². The first-order valence-corrected chi connectivity index (χ1v) is 13.5. The van der Waals surface area contributed by atoms with Gasteiger partial charge < -0.3 is 0 Å². The van der Waals surface area contributed by atoms with Crippen LogP contribution in [0, 0.1) is 28.9 Å². The molecular weight excluding hydrogens is 532 g/mol. The van der Waals surface area contributed by atoms with Crippen LogP contribution in [0.25, 0.3) is 0 Å². The predicted octanol–water partition coefficient (Wildman–Crippen LogP) is 4.87. The highest BCUT2D eigenvalue weighted by molar-refractivity contribution is 6.25.